The van der Waals surface area contributed by atoms with Crippen molar-refractivity contribution in [2.45, 2.75) is 6.04 Å². The molecule has 0 aliphatic rings. The first-order valence-electron chi connectivity index (χ1n) is 4.50. The quantitative estimate of drug-likeness (QED) is 0.752. The van der Waals surface area contributed by atoms with Gasteiger partial charge in [0, 0.05) is 0 Å². The van der Waals surface area contributed by atoms with E-state index in [0.29, 0.717) is 11.1 Å². The van der Waals surface area contributed by atoms with Gasteiger partial charge >= 0.3 is 0 Å². The number of rotatable bonds is 3. The smallest absolute Gasteiger partial charge is 0.101 e. The molecule has 0 aromatic heterocycles. The van der Waals surface area contributed by atoms with Gasteiger partial charge in [-0.15, -0.1) is 6.58 Å². The van der Waals surface area contributed by atoms with Crippen molar-refractivity contribution in [3.63, 3.8) is 0 Å². The molecular weight excluding hydrogens is 186 g/mol. The van der Waals surface area contributed by atoms with E-state index in [9.17, 15) is 0 Å². The summed E-state index contributed by atoms with van der Waals surface area (Å²) in [5.41, 5.74) is 1.74. The van der Waals surface area contributed by atoms with Gasteiger partial charge in [-0.05, 0) is 24.7 Å². The third kappa shape index (κ3) is 2.22. The zero-order valence-electron chi connectivity index (χ0n) is 8.49. The number of hydrogen-bond donors (Lipinski definition) is 1. The molecule has 1 aromatic carbocycles. The van der Waals surface area contributed by atoms with Gasteiger partial charge in [0.15, 0.2) is 0 Å². The van der Waals surface area contributed by atoms with E-state index in [1.54, 1.807) is 18.2 Å². The fourth-order valence-electron chi connectivity index (χ4n) is 1.37. The van der Waals surface area contributed by atoms with Gasteiger partial charge in [-0.25, -0.2) is 0 Å². The largest absolute Gasteiger partial charge is 0.310 e. The van der Waals surface area contributed by atoms with Crippen molar-refractivity contribution in [2.75, 3.05) is 7.05 Å². The van der Waals surface area contributed by atoms with Crippen LogP contribution in [0.2, 0.25) is 0 Å². The molecule has 0 saturated carbocycles. The third-order valence-corrected chi connectivity index (χ3v) is 2.19. The fourth-order valence-corrected chi connectivity index (χ4v) is 1.37. The van der Waals surface area contributed by atoms with Crippen molar-refractivity contribution in [2.24, 2.45) is 0 Å². The van der Waals surface area contributed by atoms with Crippen LogP contribution in [0, 0.1) is 22.7 Å². The Kier molecular flexibility index (Phi) is 3.62. The Morgan fingerprint density at radius 3 is 2.47 bits per heavy atom. The van der Waals surface area contributed by atoms with Crippen molar-refractivity contribution in [3.8, 4) is 12.1 Å². The SMILES string of the molecule is C=CC(NC)c1ccc(C#N)c(C#N)c1. The van der Waals surface area contributed by atoms with Crippen LogP contribution in [0.15, 0.2) is 30.9 Å². The van der Waals surface area contributed by atoms with Crippen molar-refractivity contribution >= 4 is 0 Å². The van der Waals surface area contributed by atoms with Crippen LogP contribution in [-0.2, 0) is 0 Å². The molecule has 0 saturated heterocycles. The van der Waals surface area contributed by atoms with Crippen LogP contribution in [0.25, 0.3) is 0 Å². The minimum atomic E-state index is 0.00448. The highest BCUT2D eigenvalue weighted by atomic mass is 14.9. The second kappa shape index (κ2) is 4.95. The van der Waals surface area contributed by atoms with Crippen molar-refractivity contribution in [3.05, 3.63) is 47.5 Å². The second-order valence-corrected chi connectivity index (χ2v) is 3.03. The standard InChI is InChI=1S/C12H11N3/c1-3-12(15-2)9-4-5-10(7-13)11(6-9)8-14/h3-6,12,15H,1H2,2H3. The number of nitriles is 2. The summed E-state index contributed by atoms with van der Waals surface area (Å²) < 4.78 is 0. The average Bonchev–Trinajstić information content (AvgIpc) is 2.30. The Morgan fingerprint density at radius 2 is 2.00 bits per heavy atom. The molecule has 74 valence electrons. The average molecular weight is 197 g/mol. The van der Waals surface area contributed by atoms with Crippen LogP contribution in [-0.4, -0.2) is 7.05 Å². The number of benzene rings is 1. The molecule has 0 amide bonds. The lowest BCUT2D eigenvalue weighted by Crippen LogP contribution is -2.13. The monoisotopic (exact) mass is 197 g/mol. The Hall–Kier alpha value is -2.10. The van der Waals surface area contributed by atoms with Crippen LogP contribution in [0.3, 0.4) is 0 Å². The molecule has 1 rings (SSSR count). The fraction of sp³-hybridized carbons (Fsp3) is 0.167. The molecular formula is C12H11N3. The Morgan fingerprint density at radius 1 is 1.33 bits per heavy atom. The first-order valence-corrected chi connectivity index (χ1v) is 4.50. The van der Waals surface area contributed by atoms with Gasteiger partial charge in [0.2, 0.25) is 0 Å². The summed E-state index contributed by atoms with van der Waals surface area (Å²) >= 11 is 0. The molecule has 1 aromatic rings. The van der Waals surface area contributed by atoms with Gasteiger partial charge in [0.05, 0.1) is 17.2 Å². The number of nitrogens with one attached hydrogen (secondary N) is 1. The van der Waals surface area contributed by atoms with E-state index >= 15 is 0 Å². The first kappa shape index (κ1) is 11.0. The van der Waals surface area contributed by atoms with E-state index in [4.69, 9.17) is 10.5 Å². The summed E-state index contributed by atoms with van der Waals surface area (Å²) in [4.78, 5) is 0. The molecule has 1 atom stereocenters. The highest BCUT2D eigenvalue weighted by molar-refractivity contribution is 5.48. The molecule has 0 fully saturated rings. The van der Waals surface area contributed by atoms with Crippen molar-refractivity contribution in [1.29, 1.82) is 10.5 Å². The molecule has 0 radical (unpaired) electrons. The van der Waals surface area contributed by atoms with Gasteiger partial charge in [-0.3, -0.25) is 0 Å². The molecule has 3 heteroatoms. The summed E-state index contributed by atoms with van der Waals surface area (Å²) in [6.07, 6.45) is 1.75. The predicted octanol–water partition coefficient (Wildman–Crippen LogP) is 1.88. The minimum Gasteiger partial charge on any atom is -0.310 e. The third-order valence-electron chi connectivity index (χ3n) is 2.19. The molecule has 0 aliphatic carbocycles. The van der Waals surface area contributed by atoms with E-state index in [0.717, 1.165) is 5.56 Å². The molecule has 15 heavy (non-hydrogen) atoms. The summed E-state index contributed by atoms with van der Waals surface area (Å²) in [6, 6.07) is 9.18. The summed E-state index contributed by atoms with van der Waals surface area (Å²) in [5, 5.41) is 20.7. The molecule has 0 spiro atoms. The van der Waals surface area contributed by atoms with Crippen LogP contribution in [0.1, 0.15) is 22.7 Å². The summed E-state index contributed by atoms with van der Waals surface area (Å²) in [6.45, 7) is 3.70. The van der Waals surface area contributed by atoms with E-state index in [-0.39, 0.29) is 6.04 Å². The van der Waals surface area contributed by atoms with Crippen LogP contribution in [0.5, 0.6) is 0 Å². The maximum atomic E-state index is 8.85. The summed E-state index contributed by atoms with van der Waals surface area (Å²) in [7, 11) is 1.82. The Balaban J connectivity index is 3.21. The summed E-state index contributed by atoms with van der Waals surface area (Å²) in [5.74, 6) is 0. The van der Waals surface area contributed by atoms with E-state index in [2.05, 4.69) is 11.9 Å². The van der Waals surface area contributed by atoms with Crippen LogP contribution in [0.4, 0.5) is 0 Å². The number of nitrogens with zero attached hydrogens (tertiary/aromatic N) is 2. The molecule has 1 N–H and O–H groups in total. The number of likely N-dealkylation sites (N-methyl/N-ethyl adjacent to an activating group) is 1. The van der Waals surface area contributed by atoms with Crippen molar-refractivity contribution < 1.29 is 0 Å². The second-order valence-electron chi connectivity index (χ2n) is 3.03. The Labute approximate surface area is 89.3 Å². The lowest BCUT2D eigenvalue weighted by molar-refractivity contribution is 0.716. The lowest BCUT2D eigenvalue weighted by Gasteiger charge is -2.11. The van der Waals surface area contributed by atoms with Crippen molar-refractivity contribution in [1.82, 2.24) is 5.32 Å². The molecule has 1 unspecified atom stereocenters. The molecule has 3 nitrogen and oxygen atoms in total. The van der Waals surface area contributed by atoms with Gasteiger partial charge in [0.1, 0.15) is 12.1 Å². The van der Waals surface area contributed by atoms with Gasteiger partial charge in [-0.1, -0.05) is 12.1 Å². The molecule has 0 aliphatic heterocycles. The minimum absolute atomic E-state index is 0.00448. The topological polar surface area (TPSA) is 59.6 Å². The van der Waals surface area contributed by atoms with Gasteiger partial charge < -0.3 is 5.32 Å². The maximum Gasteiger partial charge on any atom is 0.101 e. The highest BCUT2D eigenvalue weighted by Crippen LogP contribution is 2.17. The zero-order valence-corrected chi connectivity index (χ0v) is 8.49. The lowest BCUT2D eigenvalue weighted by atomic mass is 10.0. The maximum absolute atomic E-state index is 8.85. The predicted molar refractivity (Wildman–Crippen MR) is 57.9 cm³/mol. The van der Waals surface area contributed by atoms with E-state index < -0.39 is 0 Å². The van der Waals surface area contributed by atoms with Gasteiger partial charge in [0.25, 0.3) is 0 Å². The van der Waals surface area contributed by atoms with Crippen LogP contribution < -0.4 is 5.32 Å². The first-order chi connectivity index (χ1) is 7.26. The number of hydrogen-bond acceptors (Lipinski definition) is 3. The van der Waals surface area contributed by atoms with E-state index in [1.807, 2.05) is 25.3 Å². The van der Waals surface area contributed by atoms with E-state index in [1.165, 1.54) is 0 Å². The molecule has 0 bridgehead atoms. The van der Waals surface area contributed by atoms with Gasteiger partial charge in [-0.2, -0.15) is 10.5 Å². The molecule has 0 heterocycles. The zero-order chi connectivity index (χ0) is 11.3. The van der Waals surface area contributed by atoms with Crippen LogP contribution >= 0.6 is 0 Å². The Bertz CT molecular complexity index is 449. The highest BCUT2D eigenvalue weighted by Gasteiger charge is 2.08. The normalized spacial score (nSPS) is 11.1.